The molecule has 0 spiro atoms. The normalized spacial score (nSPS) is 16.7. The molecule has 1 N–H and O–H groups in total. The highest BCUT2D eigenvalue weighted by Crippen LogP contribution is 2.32. The van der Waals surface area contributed by atoms with Crippen LogP contribution in [-0.2, 0) is 4.79 Å². The molecule has 1 aliphatic rings. The van der Waals surface area contributed by atoms with Crippen LogP contribution in [0.5, 0.6) is 11.5 Å². The Labute approximate surface area is 154 Å². The number of nitrogens with one attached hydrogen (secondary N) is 1. The Morgan fingerprint density at radius 2 is 1.85 bits per heavy atom. The summed E-state index contributed by atoms with van der Waals surface area (Å²) in [6.45, 7) is 0.142. The molecular weight excluding hydrogens is 353 g/mol. The van der Waals surface area contributed by atoms with Crippen molar-refractivity contribution >= 4 is 17.2 Å². The number of amides is 1. The fourth-order valence-corrected chi connectivity index (χ4v) is 3.62. The van der Waals surface area contributed by atoms with E-state index in [1.807, 2.05) is 29.6 Å². The van der Waals surface area contributed by atoms with E-state index in [-0.39, 0.29) is 24.4 Å². The first-order valence-corrected chi connectivity index (χ1v) is 9.06. The predicted octanol–water partition coefficient (Wildman–Crippen LogP) is 3.93. The Morgan fingerprint density at radius 3 is 2.58 bits per heavy atom. The number of carbonyl (C=O) groups is 1. The predicted molar refractivity (Wildman–Crippen MR) is 97.1 cm³/mol. The summed E-state index contributed by atoms with van der Waals surface area (Å²) < 4.78 is 24.7. The van der Waals surface area contributed by atoms with Gasteiger partial charge in [-0.25, -0.2) is 4.39 Å². The molecular formula is C20H16FNO3S. The number of hydrogen-bond donors (Lipinski definition) is 1. The van der Waals surface area contributed by atoms with Crippen LogP contribution < -0.4 is 14.8 Å². The summed E-state index contributed by atoms with van der Waals surface area (Å²) in [6, 6.07) is 16.9. The maximum atomic E-state index is 13.3. The molecule has 2 atom stereocenters. The van der Waals surface area contributed by atoms with Crippen LogP contribution in [0, 0.1) is 5.82 Å². The van der Waals surface area contributed by atoms with E-state index in [0.717, 1.165) is 10.4 Å². The van der Waals surface area contributed by atoms with E-state index in [0.29, 0.717) is 11.5 Å². The van der Waals surface area contributed by atoms with Crippen molar-refractivity contribution in [2.45, 2.75) is 12.1 Å². The molecule has 0 radical (unpaired) electrons. The summed E-state index contributed by atoms with van der Waals surface area (Å²) in [5.41, 5.74) is 0.805. The molecule has 0 fully saturated rings. The minimum atomic E-state index is -0.743. The van der Waals surface area contributed by atoms with Gasteiger partial charge in [0.15, 0.2) is 11.5 Å². The third kappa shape index (κ3) is 3.41. The molecule has 132 valence electrons. The molecule has 2 aromatic carbocycles. The zero-order valence-electron chi connectivity index (χ0n) is 13.7. The minimum Gasteiger partial charge on any atom is -0.485 e. The minimum absolute atomic E-state index is 0.142. The van der Waals surface area contributed by atoms with Gasteiger partial charge in [0.25, 0.3) is 5.91 Å². The molecule has 4 rings (SSSR count). The highest BCUT2D eigenvalue weighted by atomic mass is 32.1. The summed E-state index contributed by atoms with van der Waals surface area (Å²) in [5.74, 6) is 0.589. The van der Waals surface area contributed by atoms with Gasteiger partial charge < -0.3 is 14.8 Å². The first-order chi connectivity index (χ1) is 12.7. The second kappa shape index (κ2) is 7.17. The lowest BCUT2D eigenvalue weighted by molar-refractivity contribution is -0.130. The molecule has 6 heteroatoms. The second-order valence-electron chi connectivity index (χ2n) is 5.87. The van der Waals surface area contributed by atoms with Gasteiger partial charge >= 0.3 is 0 Å². The molecule has 4 nitrogen and oxygen atoms in total. The number of rotatable bonds is 4. The van der Waals surface area contributed by atoms with Crippen LogP contribution in [0.1, 0.15) is 16.5 Å². The van der Waals surface area contributed by atoms with Gasteiger partial charge in [-0.15, -0.1) is 11.3 Å². The standard InChI is InChI=1S/C20H16FNO3S/c21-14-9-7-13(8-10-14)19(18-6-3-11-26-18)22-20(23)17-12-24-15-4-1-2-5-16(15)25-17/h1-11,17,19H,12H2,(H,22,23)/t17-,19-/m0/s1. The zero-order chi connectivity index (χ0) is 17.9. The van der Waals surface area contributed by atoms with E-state index in [1.165, 1.54) is 23.5 Å². The highest BCUT2D eigenvalue weighted by Gasteiger charge is 2.29. The van der Waals surface area contributed by atoms with Gasteiger partial charge in [0.2, 0.25) is 6.10 Å². The topological polar surface area (TPSA) is 47.6 Å². The molecule has 1 aromatic heterocycles. The second-order valence-corrected chi connectivity index (χ2v) is 6.85. The average Bonchev–Trinajstić information content (AvgIpc) is 3.21. The first-order valence-electron chi connectivity index (χ1n) is 8.18. The van der Waals surface area contributed by atoms with Gasteiger partial charge in [-0.1, -0.05) is 30.3 Å². The first kappa shape index (κ1) is 16.6. The van der Waals surface area contributed by atoms with E-state index in [2.05, 4.69) is 5.32 Å². The molecule has 26 heavy (non-hydrogen) atoms. The highest BCUT2D eigenvalue weighted by molar-refractivity contribution is 7.10. The lowest BCUT2D eigenvalue weighted by Crippen LogP contribution is -2.45. The van der Waals surface area contributed by atoms with E-state index in [1.54, 1.807) is 24.3 Å². The number of hydrogen-bond acceptors (Lipinski definition) is 4. The number of ether oxygens (including phenoxy) is 2. The Kier molecular flexibility index (Phi) is 4.58. The van der Waals surface area contributed by atoms with Gasteiger partial charge in [-0.05, 0) is 41.3 Å². The van der Waals surface area contributed by atoms with Crippen LogP contribution >= 0.6 is 11.3 Å². The third-order valence-corrected chi connectivity index (χ3v) is 5.06. The fraction of sp³-hybridized carbons (Fsp3) is 0.150. The lowest BCUT2D eigenvalue weighted by atomic mass is 10.0. The van der Waals surface area contributed by atoms with Crippen LogP contribution in [0.3, 0.4) is 0 Å². The van der Waals surface area contributed by atoms with Gasteiger partial charge in [0, 0.05) is 4.88 Å². The zero-order valence-corrected chi connectivity index (χ0v) is 14.5. The Morgan fingerprint density at radius 1 is 1.08 bits per heavy atom. The molecule has 0 unspecified atom stereocenters. The number of benzene rings is 2. The molecule has 0 saturated heterocycles. The van der Waals surface area contributed by atoms with Crippen molar-refractivity contribution in [2.75, 3.05) is 6.61 Å². The van der Waals surface area contributed by atoms with Gasteiger partial charge in [-0.2, -0.15) is 0 Å². The Bertz CT molecular complexity index is 896. The van der Waals surface area contributed by atoms with Crippen molar-refractivity contribution in [3.63, 3.8) is 0 Å². The maximum Gasteiger partial charge on any atom is 0.265 e. The fourth-order valence-electron chi connectivity index (χ4n) is 2.81. The summed E-state index contributed by atoms with van der Waals surface area (Å²) in [5, 5.41) is 4.94. The van der Waals surface area contributed by atoms with Crippen LogP contribution in [-0.4, -0.2) is 18.6 Å². The van der Waals surface area contributed by atoms with Crippen LogP contribution in [0.4, 0.5) is 4.39 Å². The Balaban J connectivity index is 1.54. The number of para-hydroxylation sites is 2. The van der Waals surface area contributed by atoms with E-state index in [4.69, 9.17) is 9.47 Å². The number of carbonyl (C=O) groups excluding carboxylic acids is 1. The number of thiophene rings is 1. The van der Waals surface area contributed by atoms with Crippen molar-refractivity contribution in [2.24, 2.45) is 0 Å². The summed E-state index contributed by atoms with van der Waals surface area (Å²) in [4.78, 5) is 13.7. The van der Waals surface area contributed by atoms with E-state index >= 15 is 0 Å². The van der Waals surface area contributed by atoms with Crippen molar-refractivity contribution < 1.29 is 18.7 Å². The van der Waals surface area contributed by atoms with Gasteiger partial charge in [0.05, 0.1) is 6.04 Å². The van der Waals surface area contributed by atoms with Crippen molar-refractivity contribution in [3.8, 4) is 11.5 Å². The summed E-state index contributed by atoms with van der Waals surface area (Å²) in [7, 11) is 0. The SMILES string of the molecule is O=C(N[C@@H](c1ccc(F)cc1)c1cccs1)[C@@H]1COc2ccccc2O1. The van der Waals surface area contributed by atoms with E-state index < -0.39 is 6.10 Å². The van der Waals surface area contributed by atoms with Crippen molar-refractivity contribution in [3.05, 3.63) is 82.3 Å². The molecule has 0 saturated carbocycles. The van der Waals surface area contributed by atoms with Crippen LogP contribution in [0.2, 0.25) is 0 Å². The summed E-state index contributed by atoms with van der Waals surface area (Å²) >= 11 is 1.53. The summed E-state index contributed by atoms with van der Waals surface area (Å²) in [6.07, 6.45) is -0.743. The largest absolute Gasteiger partial charge is 0.485 e. The van der Waals surface area contributed by atoms with Crippen LogP contribution in [0.25, 0.3) is 0 Å². The quantitative estimate of drug-likeness (QED) is 0.758. The molecule has 2 heterocycles. The van der Waals surface area contributed by atoms with Crippen molar-refractivity contribution in [1.82, 2.24) is 5.32 Å². The molecule has 0 aliphatic carbocycles. The molecule has 3 aromatic rings. The van der Waals surface area contributed by atoms with E-state index in [9.17, 15) is 9.18 Å². The van der Waals surface area contributed by atoms with Gasteiger partial charge in [0.1, 0.15) is 12.4 Å². The number of halogens is 1. The Hall–Kier alpha value is -2.86. The molecule has 1 aliphatic heterocycles. The third-order valence-electron chi connectivity index (χ3n) is 4.12. The smallest absolute Gasteiger partial charge is 0.265 e. The molecule has 0 bridgehead atoms. The lowest BCUT2D eigenvalue weighted by Gasteiger charge is -2.27. The number of fused-ring (bicyclic) bond motifs is 1. The van der Waals surface area contributed by atoms with Crippen LogP contribution in [0.15, 0.2) is 66.0 Å². The maximum absolute atomic E-state index is 13.3. The monoisotopic (exact) mass is 369 g/mol. The molecule has 1 amide bonds. The van der Waals surface area contributed by atoms with Crippen molar-refractivity contribution in [1.29, 1.82) is 0 Å². The average molecular weight is 369 g/mol. The van der Waals surface area contributed by atoms with Gasteiger partial charge in [-0.3, -0.25) is 4.79 Å².